The molecule has 8 heteroatoms. The van der Waals surface area contributed by atoms with Gasteiger partial charge in [0, 0.05) is 17.4 Å². The van der Waals surface area contributed by atoms with Gasteiger partial charge in [0.25, 0.3) is 0 Å². The lowest BCUT2D eigenvalue weighted by Gasteiger charge is -2.28. The minimum absolute atomic E-state index is 0.161. The van der Waals surface area contributed by atoms with Crippen molar-refractivity contribution in [1.29, 1.82) is 0 Å². The number of hydrogen-bond donors (Lipinski definition) is 1. The van der Waals surface area contributed by atoms with E-state index in [0.29, 0.717) is 24.4 Å². The number of rotatable bonds is 6. The zero-order valence-corrected chi connectivity index (χ0v) is 14.9. The van der Waals surface area contributed by atoms with Gasteiger partial charge in [-0.1, -0.05) is 22.0 Å². The predicted octanol–water partition coefficient (Wildman–Crippen LogP) is 2.54. The summed E-state index contributed by atoms with van der Waals surface area (Å²) in [5.41, 5.74) is 0.450. The maximum Gasteiger partial charge on any atom is 0.350 e. The average Bonchev–Trinajstić information content (AvgIpc) is 3.10. The number of carbonyl (C=O) groups is 3. The number of furan rings is 1. The molecule has 130 valence electrons. The number of amides is 4. The van der Waals surface area contributed by atoms with Crippen LogP contribution < -0.4 is 5.32 Å². The van der Waals surface area contributed by atoms with Crippen molar-refractivity contribution in [2.45, 2.75) is 19.4 Å². The molecule has 0 saturated carbocycles. The van der Waals surface area contributed by atoms with Crippen LogP contribution in [-0.4, -0.2) is 35.0 Å². The normalized spacial score (nSPS) is 19.4. The molecule has 2 heterocycles. The first-order chi connectivity index (χ1) is 12.0. The second-order valence-electron chi connectivity index (χ2n) is 5.63. The molecule has 3 rings (SSSR count). The molecule has 0 radical (unpaired) electrons. The van der Waals surface area contributed by atoms with Gasteiger partial charge in [-0.3, -0.25) is 14.5 Å². The molecule has 4 amide bonds. The smallest absolute Gasteiger partial charge is 0.350 e. The topological polar surface area (TPSA) is 92.0 Å². The Balaban J connectivity index is 1.50. The Hall–Kier alpha value is -2.48. The van der Waals surface area contributed by atoms with E-state index in [1.807, 2.05) is 0 Å². The molecule has 1 aromatic heterocycles. The summed E-state index contributed by atoms with van der Waals surface area (Å²) in [6, 6.07) is 2.94. The number of urea groups is 1. The van der Waals surface area contributed by atoms with Crippen molar-refractivity contribution in [3.63, 3.8) is 0 Å². The molecule has 7 nitrogen and oxygen atoms in total. The molecular formula is C17H16BrN3O4. The Morgan fingerprint density at radius 2 is 2.20 bits per heavy atom. The van der Waals surface area contributed by atoms with Crippen molar-refractivity contribution < 1.29 is 18.8 Å². The SMILES string of the molecule is O=C(CCCN1C(=O)N=C2C=CC(Br)=CC2C1=O)NCc1ccco1. The van der Waals surface area contributed by atoms with E-state index in [1.54, 1.807) is 30.4 Å². The quantitative estimate of drug-likeness (QED) is 0.786. The van der Waals surface area contributed by atoms with Gasteiger partial charge in [-0.2, -0.15) is 4.99 Å². The average molecular weight is 406 g/mol. The molecule has 1 aliphatic heterocycles. The Bertz CT molecular complexity index is 780. The fraction of sp³-hybridized carbons (Fsp3) is 0.294. The highest BCUT2D eigenvalue weighted by molar-refractivity contribution is 9.11. The number of nitrogens with zero attached hydrogens (tertiary/aromatic N) is 2. The number of halogens is 1. The summed E-state index contributed by atoms with van der Waals surface area (Å²) in [6.45, 7) is 0.475. The van der Waals surface area contributed by atoms with E-state index in [0.717, 1.165) is 9.38 Å². The first-order valence-electron chi connectivity index (χ1n) is 7.83. The Morgan fingerprint density at radius 3 is 2.96 bits per heavy atom. The van der Waals surface area contributed by atoms with E-state index in [2.05, 4.69) is 26.2 Å². The van der Waals surface area contributed by atoms with Crippen LogP contribution in [0.2, 0.25) is 0 Å². The summed E-state index contributed by atoms with van der Waals surface area (Å²) in [5, 5.41) is 2.72. The van der Waals surface area contributed by atoms with E-state index < -0.39 is 11.9 Å². The van der Waals surface area contributed by atoms with E-state index >= 15 is 0 Å². The number of aliphatic imine (C=N–C) groups is 1. The summed E-state index contributed by atoms with van der Waals surface area (Å²) in [7, 11) is 0. The van der Waals surface area contributed by atoms with Gasteiger partial charge >= 0.3 is 6.03 Å². The van der Waals surface area contributed by atoms with Crippen LogP contribution in [0.5, 0.6) is 0 Å². The van der Waals surface area contributed by atoms with Crippen molar-refractivity contribution in [3.05, 3.63) is 46.9 Å². The molecule has 1 unspecified atom stereocenters. The Labute approximate surface area is 152 Å². The molecule has 1 atom stereocenters. The number of imide groups is 1. The van der Waals surface area contributed by atoms with Gasteiger partial charge in [0.15, 0.2) is 0 Å². The summed E-state index contributed by atoms with van der Waals surface area (Å²) in [5.74, 6) is -0.364. The van der Waals surface area contributed by atoms with Crippen LogP contribution in [0, 0.1) is 5.92 Å². The van der Waals surface area contributed by atoms with Crippen molar-refractivity contribution in [3.8, 4) is 0 Å². The van der Waals surface area contributed by atoms with Crippen LogP contribution >= 0.6 is 15.9 Å². The molecular weight excluding hydrogens is 390 g/mol. The third kappa shape index (κ3) is 4.14. The number of fused-ring (bicyclic) bond motifs is 1. The molecule has 1 aliphatic carbocycles. The van der Waals surface area contributed by atoms with Crippen LogP contribution in [-0.2, 0) is 16.1 Å². The number of carbonyl (C=O) groups excluding carboxylic acids is 3. The molecule has 2 aliphatic rings. The van der Waals surface area contributed by atoms with Crippen LogP contribution in [0.4, 0.5) is 4.79 Å². The summed E-state index contributed by atoms with van der Waals surface area (Å²) < 4.78 is 5.90. The molecule has 0 bridgehead atoms. The first-order valence-corrected chi connectivity index (χ1v) is 8.62. The minimum atomic E-state index is -0.580. The van der Waals surface area contributed by atoms with Crippen LogP contribution in [0.15, 0.2) is 50.5 Å². The lowest BCUT2D eigenvalue weighted by atomic mass is 9.95. The summed E-state index contributed by atoms with van der Waals surface area (Å²) in [4.78, 5) is 41.4. The number of hydrogen-bond acceptors (Lipinski definition) is 4. The molecule has 0 aromatic carbocycles. The number of allylic oxidation sites excluding steroid dienone is 3. The first kappa shape index (κ1) is 17.3. The largest absolute Gasteiger partial charge is 0.467 e. The molecule has 1 aromatic rings. The fourth-order valence-corrected chi connectivity index (χ4v) is 2.99. The molecule has 1 N–H and O–H groups in total. The van der Waals surface area contributed by atoms with Gasteiger partial charge in [0.1, 0.15) is 11.7 Å². The lowest BCUT2D eigenvalue weighted by molar-refractivity contribution is -0.130. The minimum Gasteiger partial charge on any atom is -0.467 e. The zero-order chi connectivity index (χ0) is 17.8. The van der Waals surface area contributed by atoms with Gasteiger partial charge in [-0.25, -0.2) is 4.79 Å². The highest BCUT2D eigenvalue weighted by Crippen LogP contribution is 2.25. The fourth-order valence-electron chi connectivity index (χ4n) is 2.60. The molecule has 0 saturated heterocycles. The van der Waals surface area contributed by atoms with E-state index in [4.69, 9.17) is 4.42 Å². The second-order valence-corrected chi connectivity index (χ2v) is 6.55. The molecule has 0 spiro atoms. The van der Waals surface area contributed by atoms with Gasteiger partial charge in [0.2, 0.25) is 11.8 Å². The predicted molar refractivity (Wildman–Crippen MR) is 94.0 cm³/mol. The van der Waals surface area contributed by atoms with Crippen LogP contribution in [0.1, 0.15) is 18.6 Å². The van der Waals surface area contributed by atoms with Crippen molar-refractivity contribution in [1.82, 2.24) is 10.2 Å². The third-order valence-electron chi connectivity index (χ3n) is 3.87. The van der Waals surface area contributed by atoms with Crippen molar-refractivity contribution >= 4 is 39.5 Å². The highest BCUT2D eigenvalue weighted by atomic mass is 79.9. The number of nitrogens with one attached hydrogen (secondary N) is 1. The van der Waals surface area contributed by atoms with Crippen molar-refractivity contribution in [2.75, 3.05) is 6.54 Å². The monoisotopic (exact) mass is 405 g/mol. The zero-order valence-electron chi connectivity index (χ0n) is 13.3. The maximum absolute atomic E-state index is 12.5. The van der Waals surface area contributed by atoms with E-state index in [1.165, 1.54) is 6.26 Å². The van der Waals surface area contributed by atoms with E-state index in [9.17, 15) is 14.4 Å². The van der Waals surface area contributed by atoms with Gasteiger partial charge in [-0.15, -0.1) is 0 Å². The highest BCUT2D eigenvalue weighted by Gasteiger charge is 2.36. The standard InChI is InChI=1S/C17H16BrN3O4/c18-11-5-6-14-13(9-11)16(23)21(17(24)20-14)7-1-4-15(22)19-10-12-3-2-8-25-12/h2-3,5-6,8-9,13H,1,4,7,10H2,(H,19,22). The second kappa shape index (κ2) is 7.60. The third-order valence-corrected chi connectivity index (χ3v) is 4.40. The molecule has 0 fully saturated rings. The summed E-state index contributed by atoms with van der Waals surface area (Å²) in [6.07, 6.45) is 7.24. The Morgan fingerprint density at radius 1 is 1.36 bits per heavy atom. The van der Waals surface area contributed by atoms with Crippen LogP contribution in [0.3, 0.4) is 0 Å². The van der Waals surface area contributed by atoms with Gasteiger partial charge in [0.05, 0.1) is 18.5 Å². The summed E-state index contributed by atoms with van der Waals surface area (Å²) >= 11 is 3.32. The van der Waals surface area contributed by atoms with E-state index in [-0.39, 0.29) is 24.8 Å². The molecule has 25 heavy (non-hydrogen) atoms. The van der Waals surface area contributed by atoms with Crippen LogP contribution in [0.25, 0.3) is 0 Å². The lowest BCUT2D eigenvalue weighted by Crippen LogP contribution is -2.46. The van der Waals surface area contributed by atoms with Crippen molar-refractivity contribution in [2.24, 2.45) is 10.9 Å². The van der Waals surface area contributed by atoms with Gasteiger partial charge in [-0.05, 0) is 30.7 Å². The van der Waals surface area contributed by atoms with Gasteiger partial charge < -0.3 is 9.73 Å². The maximum atomic E-state index is 12.5. The Kier molecular flexibility index (Phi) is 5.28.